The molecule has 0 spiro atoms. The molecule has 4 atom stereocenters. The van der Waals surface area contributed by atoms with Gasteiger partial charge < -0.3 is 9.47 Å². The van der Waals surface area contributed by atoms with E-state index in [1.807, 2.05) is 0 Å². The lowest BCUT2D eigenvalue weighted by atomic mass is 10.1. The molecule has 0 aromatic rings. The minimum Gasteiger partial charge on any atom is -0.430 e. The van der Waals surface area contributed by atoms with Crippen molar-refractivity contribution in [3.05, 3.63) is 0 Å². The molecule has 8 heteroatoms. The summed E-state index contributed by atoms with van der Waals surface area (Å²) >= 11 is 0. The third kappa shape index (κ3) is 2.69. The molecule has 1 saturated heterocycles. The van der Waals surface area contributed by atoms with Crippen LogP contribution < -0.4 is 0 Å². The lowest BCUT2D eigenvalue weighted by Crippen LogP contribution is -2.41. The Morgan fingerprint density at radius 3 is 2.13 bits per heavy atom. The van der Waals surface area contributed by atoms with E-state index in [9.17, 15) is 26.7 Å². The minimum atomic E-state index is -3.63. The number of alkyl halides is 5. The third-order valence-corrected chi connectivity index (χ3v) is 1.82. The van der Waals surface area contributed by atoms with E-state index < -0.39 is 43.8 Å². The first-order chi connectivity index (χ1) is 6.93. The zero-order valence-electron chi connectivity index (χ0n) is 7.21. The summed E-state index contributed by atoms with van der Waals surface area (Å²) in [5.41, 5.74) is 0. The van der Waals surface area contributed by atoms with E-state index in [0.29, 0.717) is 0 Å². The fraction of sp³-hybridized carbons (Fsp3) is 0.857. The molecule has 0 aromatic carbocycles. The molecular weight excluding hydrogens is 227 g/mol. The van der Waals surface area contributed by atoms with Gasteiger partial charge in [-0.15, -0.1) is 0 Å². The fourth-order valence-electron chi connectivity index (χ4n) is 1.02. The van der Waals surface area contributed by atoms with Gasteiger partial charge in [0.1, 0.15) is 6.61 Å². The van der Waals surface area contributed by atoms with Crippen molar-refractivity contribution >= 4 is 6.16 Å². The molecule has 0 saturated carbocycles. The molecule has 4 unspecified atom stereocenters. The van der Waals surface area contributed by atoms with Crippen molar-refractivity contribution in [1.29, 1.82) is 0 Å². The second kappa shape index (κ2) is 4.63. The molecule has 88 valence electrons. The van der Waals surface area contributed by atoms with Gasteiger partial charge in [0, 0.05) is 0 Å². The second-order valence-corrected chi connectivity index (χ2v) is 2.89. The van der Waals surface area contributed by atoms with Crippen LogP contribution in [0, 0.1) is 0 Å². The Morgan fingerprint density at radius 1 is 1.13 bits per heavy atom. The monoisotopic (exact) mass is 234 g/mol. The van der Waals surface area contributed by atoms with Gasteiger partial charge in [0.15, 0.2) is 24.6 Å². The summed E-state index contributed by atoms with van der Waals surface area (Å²) in [7, 11) is 0. The van der Waals surface area contributed by atoms with Gasteiger partial charge in [-0.3, -0.25) is 0 Å². The van der Waals surface area contributed by atoms with E-state index in [1.54, 1.807) is 0 Å². The predicted octanol–water partition coefficient (Wildman–Crippen LogP) is 1.80. The number of rotatable bonds is 4. The maximum absolute atomic E-state index is 13.0. The van der Waals surface area contributed by atoms with Gasteiger partial charge in [0.05, 0.1) is 0 Å². The first-order valence-electron chi connectivity index (χ1n) is 3.97. The van der Waals surface area contributed by atoms with Crippen LogP contribution in [0.1, 0.15) is 0 Å². The summed E-state index contributed by atoms with van der Waals surface area (Å²) in [6, 6.07) is 0. The van der Waals surface area contributed by atoms with E-state index in [-0.39, 0.29) is 0 Å². The molecule has 1 aliphatic heterocycles. The van der Waals surface area contributed by atoms with Crippen LogP contribution in [0.4, 0.5) is 26.7 Å². The summed E-state index contributed by atoms with van der Waals surface area (Å²) in [4.78, 5) is 10.3. The van der Waals surface area contributed by atoms with Crippen LogP contribution in [0.2, 0.25) is 0 Å². The molecule has 0 aromatic heterocycles. The van der Waals surface area contributed by atoms with Crippen molar-refractivity contribution in [3.63, 3.8) is 0 Å². The highest BCUT2D eigenvalue weighted by Gasteiger charge is 2.44. The Kier molecular flexibility index (Phi) is 3.70. The van der Waals surface area contributed by atoms with Crippen LogP contribution in [0.15, 0.2) is 0 Å². The van der Waals surface area contributed by atoms with Gasteiger partial charge in [-0.1, -0.05) is 0 Å². The molecule has 0 aliphatic carbocycles. The van der Waals surface area contributed by atoms with E-state index >= 15 is 0 Å². The van der Waals surface area contributed by atoms with E-state index in [4.69, 9.17) is 0 Å². The molecule has 15 heavy (non-hydrogen) atoms. The first kappa shape index (κ1) is 12.0. The van der Waals surface area contributed by atoms with E-state index in [2.05, 4.69) is 9.47 Å². The number of ether oxygens (including phenoxy) is 2. The Morgan fingerprint density at radius 2 is 1.73 bits per heavy atom. The topological polar surface area (TPSA) is 35.5 Å². The minimum absolute atomic E-state index is 0.615. The Hall–Kier alpha value is -1.08. The normalized spacial score (nSPS) is 27.1. The summed E-state index contributed by atoms with van der Waals surface area (Å²) in [6.45, 7) is -0.615. The molecule has 0 radical (unpaired) electrons. The predicted molar refractivity (Wildman–Crippen MR) is 36.9 cm³/mol. The van der Waals surface area contributed by atoms with Gasteiger partial charge in [0.2, 0.25) is 0 Å². The van der Waals surface area contributed by atoms with Crippen molar-refractivity contribution in [1.82, 2.24) is 0 Å². The average molecular weight is 234 g/mol. The van der Waals surface area contributed by atoms with Crippen molar-refractivity contribution < 1.29 is 36.2 Å². The van der Waals surface area contributed by atoms with Gasteiger partial charge >= 0.3 is 6.16 Å². The van der Waals surface area contributed by atoms with Crippen LogP contribution in [-0.4, -0.2) is 43.8 Å². The van der Waals surface area contributed by atoms with Gasteiger partial charge in [-0.25, -0.2) is 26.7 Å². The summed E-state index contributed by atoms with van der Waals surface area (Å²) in [5.74, 6) is 0. The second-order valence-electron chi connectivity index (χ2n) is 2.89. The van der Waals surface area contributed by atoms with E-state index in [0.717, 1.165) is 0 Å². The highest BCUT2D eigenvalue weighted by atomic mass is 19.3. The summed E-state index contributed by atoms with van der Waals surface area (Å²) < 4.78 is 69.6. The molecule has 3 nitrogen and oxygen atoms in total. The smallest absolute Gasteiger partial charge is 0.430 e. The molecular formula is C7H7F5O3. The lowest BCUT2D eigenvalue weighted by molar-refractivity contribution is -0.0484. The zero-order chi connectivity index (χ0) is 11.6. The van der Waals surface area contributed by atoms with Crippen LogP contribution >= 0.6 is 0 Å². The van der Waals surface area contributed by atoms with E-state index in [1.165, 1.54) is 0 Å². The maximum Gasteiger partial charge on any atom is 0.508 e. The highest BCUT2D eigenvalue weighted by molar-refractivity contribution is 5.61. The Bertz CT molecular complexity index is 237. The zero-order valence-corrected chi connectivity index (χ0v) is 7.21. The number of carbonyl (C=O) groups excluding carboxylic acids is 1. The molecule has 0 bridgehead atoms. The van der Waals surface area contributed by atoms with Crippen molar-refractivity contribution in [2.24, 2.45) is 0 Å². The van der Waals surface area contributed by atoms with Gasteiger partial charge in [-0.05, 0) is 0 Å². The van der Waals surface area contributed by atoms with Gasteiger partial charge in [-0.2, -0.15) is 0 Å². The van der Waals surface area contributed by atoms with Crippen molar-refractivity contribution in [2.75, 3.05) is 6.61 Å². The summed E-state index contributed by atoms with van der Waals surface area (Å²) in [5, 5.41) is 0. The first-order valence-corrected chi connectivity index (χ1v) is 3.97. The molecule has 1 heterocycles. The number of halogens is 5. The average Bonchev–Trinajstić information content (AvgIpc) is 2.61. The standard InChI is InChI=1S/C7H7F5O3/c8-3(2-1-14-7(13)15-2)4(9)5(10)6(11)12/h2-6H,1H2. The Labute approximate surface area is 81.1 Å². The summed E-state index contributed by atoms with van der Waals surface area (Å²) in [6.07, 6.45) is -15.5. The largest absolute Gasteiger partial charge is 0.508 e. The number of cyclic esters (lactones) is 2. The Balaban J connectivity index is 2.52. The van der Waals surface area contributed by atoms with Crippen molar-refractivity contribution in [2.45, 2.75) is 31.0 Å². The number of carbonyl (C=O) groups is 1. The molecule has 0 amide bonds. The lowest BCUT2D eigenvalue weighted by Gasteiger charge is -2.19. The van der Waals surface area contributed by atoms with Crippen molar-refractivity contribution in [3.8, 4) is 0 Å². The van der Waals surface area contributed by atoms with Gasteiger partial charge in [0.25, 0.3) is 6.43 Å². The van der Waals surface area contributed by atoms with Crippen LogP contribution in [0.3, 0.4) is 0 Å². The quantitative estimate of drug-likeness (QED) is 0.549. The molecule has 1 aliphatic rings. The molecule has 1 fully saturated rings. The van der Waals surface area contributed by atoms with Crippen LogP contribution in [0.25, 0.3) is 0 Å². The fourth-order valence-corrected chi connectivity index (χ4v) is 1.02. The highest BCUT2D eigenvalue weighted by Crippen LogP contribution is 2.24. The third-order valence-electron chi connectivity index (χ3n) is 1.82. The number of hydrogen-bond acceptors (Lipinski definition) is 3. The van der Waals surface area contributed by atoms with Crippen LogP contribution in [-0.2, 0) is 9.47 Å². The maximum atomic E-state index is 13.0. The molecule has 0 N–H and O–H groups in total. The SMILES string of the molecule is O=C1OCC(C(F)C(F)C(F)C(F)F)O1. The van der Waals surface area contributed by atoms with Crippen LogP contribution in [0.5, 0.6) is 0 Å². The number of hydrogen-bond donors (Lipinski definition) is 0. The molecule has 1 rings (SSSR count).